The summed E-state index contributed by atoms with van der Waals surface area (Å²) in [6.45, 7) is 1.64. The Morgan fingerprint density at radius 3 is 2.68 bits per heavy atom. The van der Waals surface area contributed by atoms with Crippen LogP contribution in [0.2, 0.25) is 10.3 Å². The van der Waals surface area contributed by atoms with Gasteiger partial charge < -0.3 is 9.84 Å². The number of aromatic nitrogens is 2. The molecule has 0 aliphatic rings. The van der Waals surface area contributed by atoms with E-state index < -0.39 is 5.97 Å². The monoisotopic (exact) mass is 298 g/mol. The standard InChI is InChI=1S/C12H8Cl2N2O3/c1-6-7(12(17)18)3-2-4-8(6)19-9-5-10(13)15-16-11(9)14/h2-5H,1H3,(H,17,18). The Labute approximate surface area is 118 Å². The lowest BCUT2D eigenvalue weighted by molar-refractivity contribution is 0.0695. The number of ether oxygens (including phenoxy) is 1. The van der Waals surface area contributed by atoms with Crippen molar-refractivity contribution in [2.75, 3.05) is 0 Å². The first kappa shape index (κ1) is 13.6. The highest BCUT2D eigenvalue weighted by Gasteiger charge is 2.13. The first-order chi connectivity index (χ1) is 8.99. The molecule has 1 heterocycles. The van der Waals surface area contributed by atoms with Crippen LogP contribution in [0.15, 0.2) is 24.3 Å². The second kappa shape index (κ2) is 5.42. The third-order valence-electron chi connectivity index (χ3n) is 2.42. The summed E-state index contributed by atoms with van der Waals surface area (Å²) in [6, 6.07) is 6.11. The van der Waals surface area contributed by atoms with E-state index in [1.165, 1.54) is 12.1 Å². The van der Waals surface area contributed by atoms with E-state index in [2.05, 4.69) is 10.2 Å². The summed E-state index contributed by atoms with van der Waals surface area (Å²) in [7, 11) is 0. The topological polar surface area (TPSA) is 72.3 Å². The molecule has 0 spiro atoms. The van der Waals surface area contributed by atoms with Crippen LogP contribution in [0.3, 0.4) is 0 Å². The predicted octanol–water partition coefficient (Wildman–Crippen LogP) is 3.58. The van der Waals surface area contributed by atoms with Crippen molar-refractivity contribution in [2.45, 2.75) is 6.92 Å². The van der Waals surface area contributed by atoms with Gasteiger partial charge in [-0.15, -0.1) is 10.2 Å². The van der Waals surface area contributed by atoms with Crippen molar-refractivity contribution in [3.8, 4) is 11.5 Å². The van der Waals surface area contributed by atoms with Crippen molar-refractivity contribution in [3.63, 3.8) is 0 Å². The van der Waals surface area contributed by atoms with Crippen LogP contribution >= 0.6 is 23.2 Å². The average molecular weight is 299 g/mol. The molecule has 0 bridgehead atoms. The second-order valence-corrected chi connectivity index (χ2v) is 4.40. The number of carboxylic acids is 1. The number of carbonyl (C=O) groups is 1. The maximum atomic E-state index is 11.0. The number of halogens is 2. The Kier molecular flexibility index (Phi) is 3.87. The van der Waals surface area contributed by atoms with E-state index in [9.17, 15) is 4.79 Å². The Balaban J connectivity index is 2.41. The van der Waals surface area contributed by atoms with Crippen molar-refractivity contribution < 1.29 is 14.6 Å². The first-order valence-corrected chi connectivity index (χ1v) is 5.94. The van der Waals surface area contributed by atoms with Gasteiger partial charge in [-0.1, -0.05) is 29.3 Å². The SMILES string of the molecule is Cc1c(Oc2cc(Cl)nnc2Cl)cccc1C(=O)O. The highest BCUT2D eigenvalue weighted by atomic mass is 35.5. The summed E-state index contributed by atoms with van der Waals surface area (Å²) in [5.74, 6) is -0.446. The summed E-state index contributed by atoms with van der Waals surface area (Å²) in [5.41, 5.74) is 0.640. The van der Waals surface area contributed by atoms with Gasteiger partial charge in [0.05, 0.1) is 5.56 Å². The van der Waals surface area contributed by atoms with E-state index >= 15 is 0 Å². The van der Waals surface area contributed by atoms with E-state index in [1.54, 1.807) is 19.1 Å². The van der Waals surface area contributed by atoms with Crippen LogP contribution in [0.4, 0.5) is 0 Å². The molecule has 2 rings (SSSR count). The van der Waals surface area contributed by atoms with Crippen LogP contribution in [0, 0.1) is 6.92 Å². The zero-order valence-electron chi connectivity index (χ0n) is 9.72. The van der Waals surface area contributed by atoms with Gasteiger partial charge in [0.2, 0.25) is 0 Å². The van der Waals surface area contributed by atoms with Crippen molar-refractivity contribution in [1.82, 2.24) is 10.2 Å². The molecule has 0 saturated carbocycles. The first-order valence-electron chi connectivity index (χ1n) is 5.18. The van der Waals surface area contributed by atoms with Gasteiger partial charge in [-0.05, 0) is 19.1 Å². The summed E-state index contributed by atoms with van der Waals surface area (Å²) in [6.07, 6.45) is 0. The number of carboxylic acid groups (broad SMARTS) is 1. The van der Waals surface area contributed by atoms with Crippen molar-refractivity contribution >= 4 is 29.2 Å². The normalized spacial score (nSPS) is 10.3. The van der Waals surface area contributed by atoms with Crippen LogP contribution in [0.1, 0.15) is 15.9 Å². The molecule has 0 radical (unpaired) electrons. The highest BCUT2D eigenvalue weighted by Crippen LogP contribution is 2.31. The van der Waals surface area contributed by atoms with Gasteiger partial charge in [0, 0.05) is 11.6 Å². The van der Waals surface area contributed by atoms with Crippen molar-refractivity contribution in [2.24, 2.45) is 0 Å². The lowest BCUT2D eigenvalue weighted by atomic mass is 10.1. The summed E-state index contributed by atoms with van der Waals surface area (Å²) in [5, 5.41) is 16.4. The largest absolute Gasteiger partial charge is 0.478 e. The molecule has 1 aromatic heterocycles. The molecule has 19 heavy (non-hydrogen) atoms. The molecule has 0 aliphatic heterocycles. The smallest absolute Gasteiger partial charge is 0.336 e. The van der Waals surface area contributed by atoms with Gasteiger partial charge in [-0.25, -0.2) is 4.79 Å². The van der Waals surface area contributed by atoms with Crippen LogP contribution in [-0.4, -0.2) is 21.3 Å². The molecular formula is C12H8Cl2N2O3. The molecule has 0 aliphatic carbocycles. The molecular weight excluding hydrogens is 291 g/mol. The summed E-state index contributed by atoms with van der Waals surface area (Å²) >= 11 is 11.5. The van der Waals surface area contributed by atoms with Crippen LogP contribution in [0.5, 0.6) is 11.5 Å². The molecule has 0 saturated heterocycles. The maximum Gasteiger partial charge on any atom is 0.336 e. The molecule has 5 nitrogen and oxygen atoms in total. The fourth-order valence-corrected chi connectivity index (χ4v) is 1.75. The lowest BCUT2D eigenvalue weighted by Gasteiger charge is -2.11. The average Bonchev–Trinajstić information content (AvgIpc) is 2.36. The van der Waals surface area contributed by atoms with E-state index in [1.807, 2.05) is 0 Å². The van der Waals surface area contributed by atoms with Crippen molar-refractivity contribution in [3.05, 3.63) is 45.7 Å². The molecule has 0 amide bonds. The van der Waals surface area contributed by atoms with E-state index in [4.69, 9.17) is 33.0 Å². The number of aromatic carboxylic acids is 1. The van der Waals surface area contributed by atoms with Gasteiger partial charge in [0.1, 0.15) is 5.75 Å². The molecule has 2 aromatic rings. The Morgan fingerprint density at radius 2 is 2.00 bits per heavy atom. The Bertz CT molecular complexity index is 647. The summed E-state index contributed by atoms with van der Waals surface area (Å²) < 4.78 is 5.53. The van der Waals surface area contributed by atoms with Gasteiger partial charge >= 0.3 is 5.97 Å². The van der Waals surface area contributed by atoms with E-state index in [-0.39, 0.29) is 21.6 Å². The highest BCUT2D eigenvalue weighted by molar-refractivity contribution is 6.32. The van der Waals surface area contributed by atoms with Crippen LogP contribution in [-0.2, 0) is 0 Å². The fourth-order valence-electron chi connectivity index (χ4n) is 1.48. The molecule has 0 fully saturated rings. The zero-order chi connectivity index (χ0) is 14.0. The molecule has 98 valence electrons. The van der Waals surface area contributed by atoms with Gasteiger partial charge in [0.25, 0.3) is 0 Å². The minimum atomic E-state index is -1.03. The van der Waals surface area contributed by atoms with Gasteiger partial charge in [-0.3, -0.25) is 0 Å². The third kappa shape index (κ3) is 2.94. The van der Waals surface area contributed by atoms with Gasteiger partial charge in [-0.2, -0.15) is 0 Å². The number of hydrogen-bond donors (Lipinski definition) is 1. The van der Waals surface area contributed by atoms with E-state index in [0.29, 0.717) is 11.3 Å². The Morgan fingerprint density at radius 1 is 1.26 bits per heavy atom. The van der Waals surface area contributed by atoms with E-state index in [0.717, 1.165) is 0 Å². The maximum absolute atomic E-state index is 11.0. The van der Waals surface area contributed by atoms with Gasteiger partial charge in [0.15, 0.2) is 16.1 Å². The second-order valence-electron chi connectivity index (χ2n) is 3.66. The molecule has 0 atom stereocenters. The lowest BCUT2D eigenvalue weighted by Crippen LogP contribution is -2.01. The van der Waals surface area contributed by atoms with Crippen molar-refractivity contribution in [1.29, 1.82) is 0 Å². The number of hydrogen-bond acceptors (Lipinski definition) is 4. The number of nitrogens with zero attached hydrogens (tertiary/aromatic N) is 2. The number of rotatable bonds is 3. The minimum Gasteiger partial charge on any atom is -0.478 e. The zero-order valence-corrected chi connectivity index (χ0v) is 11.2. The molecule has 1 aromatic carbocycles. The minimum absolute atomic E-state index is 0.0459. The fraction of sp³-hybridized carbons (Fsp3) is 0.0833. The molecule has 1 N–H and O–H groups in total. The quantitative estimate of drug-likeness (QED) is 0.937. The number of benzene rings is 1. The van der Waals surface area contributed by atoms with Crippen LogP contribution < -0.4 is 4.74 Å². The molecule has 7 heteroatoms. The van der Waals surface area contributed by atoms with Crippen LogP contribution in [0.25, 0.3) is 0 Å². The third-order valence-corrected chi connectivity index (χ3v) is 2.87. The Hall–Kier alpha value is -1.85. The summed E-state index contributed by atoms with van der Waals surface area (Å²) in [4.78, 5) is 11.0. The molecule has 0 unspecified atom stereocenters. The predicted molar refractivity (Wildman–Crippen MR) is 70.3 cm³/mol.